The molecule has 0 saturated carbocycles. The van der Waals surface area contributed by atoms with Crippen molar-refractivity contribution in [2.45, 2.75) is 58.5 Å². The molecule has 2 N–H and O–H groups in total. The number of nitrogens with one attached hydrogen (secondary N) is 2. The lowest BCUT2D eigenvalue weighted by Gasteiger charge is -2.34. The molecular weight excluding hydrogens is 398 g/mol. The Kier molecular flexibility index (Phi) is 9.03. The van der Waals surface area contributed by atoms with Crippen LogP contribution in [0, 0.1) is 11.8 Å². The molecule has 0 aromatic heterocycles. The Hall–Kier alpha value is -2.42. The van der Waals surface area contributed by atoms with Crippen LogP contribution in [0.5, 0.6) is 0 Å². The minimum atomic E-state index is -0.701. The van der Waals surface area contributed by atoms with E-state index in [4.69, 9.17) is 0 Å². The minimum Gasteiger partial charge on any atom is -0.342 e. The normalized spacial score (nSPS) is 20.9. The van der Waals surface area contributed by atoms with E-state index in [2.05, 4.69) is 17.3 Å². The van der Waals surface area contributed by atoms with Gasteiger partial charge in [-0.1, -0.05) is 27.4 Å². The molecule has 3 atom stereocenters. The van der Waals surface area contributed by atoms with Gasteiger partial charge in [0.1, 0.15) is 12.1 Å². The third kappa shape index (κ3) is 6.06. The van der Waals surface area contributed by atoms with Crippen LogP contribution in [0.15, 0.2) is 12.7 Å². The summed E-state index contributed by atoms with van der Waals surface area (Å²) in [7, 11) is 1.62. The second kappa shape index (κ2) is 11.3. The second-order valence-electron chi connectivity index (χ2n) is 8.69. The highest BCUT2D eigenvalue weighted by molar-refractivity contribution is 5.93. The second-order valence-corrected chi connectivity index (χ2v) is 8.69. The van der Waals surface area contributed by atoms with Gasteiger partial charge < -0.3 is 15.1 Å². The van der Waals surface area contributed by atoms with E-state index in [0.717, 1.165) is 19.4 Å². The van der Waals surface area contributed by atoms with E-state index in [-0.39, 0.29) is 35.5 Å². The van der Waals surface area contributed by atoms with Crippen molar-refractivity contribution in [3.63, 3.8) is 0 Å². The highest BCUT2D eigenvalue weighted by Gasteiger charge is 2.38. The SMILES string of the molecule is C=CC(=O)N1CCC(C(=O)N(C)C(C(=O)NC(CC)C(=O)N2CCCCN2)C(C)C)C1. The number of rotatable bonds is 8. The summed E-state index contributed by atoms with van der Waals surface area (Å²) in [4.78, 5) is 54.0. The van der Waals surface area contributed by atoms with Gasteiger partial charge in [0, 0.05) is 33.2 Å². The van der Waals surface area contributed by atoms with Crippen molar-refractivity contribution in [3.05, 3.63) is 12.7 Å². The number of likely N-dealkylation sites (N-methyl/N-ethyl adjacent to an activating group) is 1. The molecule has 2 aliphatic heterocycles. The molecule has 2 rings (SSSR count). The third-order valence-corrected chi connectivity index (χ3v) is 6.09. The Morgan fingerprint density at radius 2 is 1.94 bits per heavy atom. The molecule has 9 heteroatoms. The van der Waals surface area contributed by atoms with Gasteiger partial charge in [0.15, 0.2) is 0 Å². The number of carbonyl (C=O) groups is 4. The van der Waals surface area contributed by atoms with E-state index < -0.39 is 12.1 Å². The largest absolute Gasteiger partial charge is 0.342 e. The van der Waals surface area contributed by atoms with Crippen LogP contribution in [-0.2, 0) is 19.2 Å². The summed E-state index contributed by atoms with van der Waals surface area (Å²) in [6.07, 6.45) is 4.23. The lowest BCUT2D eigenvalue weighted by molar-refractivity contribution is -0.145. The molecule has 31 heavy (non-hydrogen) atoms. The van der Waals surface area contributed by atoms with Crippen LogP contribution >= 0.6 is 0 Å². The van der Waals surface area contributed by atoms with Crippen LogP contribution < -0.4 is 10.7 Å². The van der Waals surface area contributed by atoms with Crippen molar-refractivity contribution in [1.82, 2.24) is 25.6 Å². The maximum absolute atomic E-state index is 13.1. The first-order valence-electron chi connectivity index (χ1n) is 11.2. The van der Waals surface area contributed by atoms with Crippen molar-refractivity contribution < 1.29 is 19.2 Å². The topological polar surface area (TPSA) is 102 Å². The van der Waals surface area contributed by atoms with Crippen LogP contribution in [0.4, 0.5) is 0 Å². The van der Waals surface area contributed by atoms with E-state index in [1.165, 1.54) is 11.0 Å². The fraction of sp³-hybridized carbons (Fsp3) is 0.727. The van der Waals surface area contributed by atoms with E-state index in [9.17, 15) is 19.2 Å². The van der Waals surface area contributed by atoms with Gasteiger partial charge in [-0.15, -0.1) is 0 Å². The van der Waals surface area contributed by atoms with Crippen LogP contribution in [-0.4, -0.2) is 83.7 Å². The summed E-state index contributed by atoms with van der Waals surface area (Å²) in [5.41, 5.74) is 3.08. The Labute approximate surface area is 185 Å². The number of carbonyl (C=O) groups excluding carboxylic acids is 4. The van der Waals surface area contributed by atoms with Crippen LogP contribution in [0.2, 0.25) is 0 Å². The molecule has 0 radical (unpaired) electrons. The predicted octanol–water partition coefficient (Wildman–Crippen LogP) is 0.526. The molecule has 3 unspecified atom stereocenters. The molecule has 0 aliphatic carbocycles. The monoisotopic (exact) mass is 435 g/mol. The number of hydrogen-bond donors (Lipinski definition) is 2. The average molecular weight is 436 g/mol. The molecule has 0 spiro atoms. The van der Waals surface area contributed by atoms with Crippen LogP contribution in [0.25, 0.3) is 0 Å². The fourth-order valence-electron chi connectivity index (χ4n) is 4.30. The summed E-state index contributed by atoms with van der Waals surface area (Å²) in [5.74, 6) is -1.32. The van der Waals surface area contributed by atoms with Gasteiger partial charge in [-0.25, -0.2) is 5.43 Å². The Bertz CT molecular complexity index is 689. The first-order chi connectivity index (χ1) is 14.7. The summed E-state index contributed by atoms with van der Waals surface area (Å²) < 4.78 is 0. The molecule has 0 bridgehead atoms. The van der Waals surface area contributed by atoms with Crippen LogP contribution in [0.3, 0.4) is 0 Å². The number of likely N-dealkylation sites (tertiary alicyclic amines) is 1. The number of nitrogens with zero attached hydrogens (tertiary/aromatic N) is 3. The summed E-state index contributed by atoms with van der Waals surface area (Å²) in [5, 5.41) is 4.45. The zero-order valence-corrected chi connectivity index (χ0v) is 19.2. The Morgan fingerprint density at radius 3 is 2.48 bits per heavy atom. The number of amides is 4. The van der Waals surface area contributed by atoms with Gasteiger partial charge in [0.05, 0.1) is 5.92 Å². The standard InChI is InChI=1S/C22H37N5O4/c1-6-17(22(31)27-12-9-8-11-23-27)24-20(29)19(15(3)4)25(5)21(30)16-10-13-26(14-16)18(28)7-2/h7,15-17,19,23H,2,6,8-14H2,1,3-5H3,(H,24,29). The average Bonchev–Trinajstić information content (AvgIpc) is 3.26. The van der Waals surface area contributed by atoms with E-state index >= 15 is 0 Å². The van der Waals surface area contributed by atoms with Gasteiger partial charge in [-0.3, -0.25) is 24.2 Å². The Morgan fingerprint density at radius 1 is 1.23 bits per heavy atom. The van der Waals surface area contributed by atoms with Gasteiger partial charge >= 0.3 is 0 Å². The first kappa shape index (κ1) is 24.8. The lowest BCUT2D eigenvalue weighted by Crippen LogP contribution is -2.59. The molecule has 2 saturated heterocycles. The maximum atomic E-state index is 13.1. The maximum Gasteiger partial charge on any atom is 0.259 e. The molecule has 174 valence electrons. The highest BCUT2D eigenvalue weighted by atomic mass is 16.2. The first-order valence-corrected chi connectivity index (χ1v) is 11.2. The molecule has 4 amide bonds. The highest BCUT2D eigenvalue weighted by Crippen LogP contribution is 2.21. The Balaban J connectivity index is 2.04. The molecule has 2 aliphatic rings. The molecule has 2 heterocycles. The molecular formula is C22H37N5O4. The molecule has 0 aromatic rings. The molecule has 2 fully saturated rings. The van der Waals surface area contributed by atoms with Crippen molar-refractivity contribution in [1.29, 1.82) is 0 Å². The third-order valence-electron chi connectivity index (χ3n) is 6.09. The van der Waals surface area contributed by atoms with Gasteiger partial charge in [-0.05, 0) is 37.7 Å². The predicted molar refractivity (Wildman–Crippen MR) is 117 cm³/mol. The summed E-state index contributed by atoms with van der Waals surface area (Å²) in [6, 6.07) is -1.34. The molecule has 9 nitrogen and oxygen atoms in total. The van der Waals surface area contributed by atoms with Crippen molar-refractivity contribution in [2.24, 2.45) is 11.8 Å². The lowest BCUT2D eigenvalue weighted by atomic mass is 9.98. The number of hydrogen-bond acceptors (Lipinski definition) is 5. The van der Waals surface area contributed by atoms with Gasteiger partial charge in [0.25, 0.3) is 5.91 Å². The van der Waals surface area contributed by atoms with E-state index in [1.807, 2.05) is 20.8 Å². The molecule has 0 aromatic carbocycles. The minimum absolute atomic E-state index is 0.137. The van der Waals surface area contributed by atoms with Crippen molar-refractivity contribution in [2.75, 3.05) is 33.2 Å². The summed E-state index contributed by atoms with van der Waals surface area (Å²) >= 11 is 0. The van der Waals surface area contributed by atoms with Crippen LogP contribution in [0.1, 0.15) is 46.5 Å². The van der Waals surface area contributed by atoms with Gasteiger partial charge in [-0.2, -0.15) is 0 Å². The number of hydrazine groups is 1. The zero-order chi connectivity index (χ0) is 23.1. The van der Waals surface area contributed by atoms with E-state index in [0.29, 0.717) is 32.5 Å². The fourth-order valence-corrected chi connectivity index (χ4v) is 4.30. The van der Waals surface area contributed by atoms with Crippen molar-refractivity contribution in [3.8, 4) is 0 Å². The van der Waals surface area contributed by atoms with Crippen molar-refractivity contribution >= 4 is 23.6 Å². The smallest absolute Gasteiger partial charge is 0.259 e. The summed E-state index contributed by atoms with van der Waals surface area (Å²) in [6.45, 7) is 11.3. The quantitative estimate of drug-likeness (QED) is 0.542. The van der Waals surface area contributed by atoms with E-state index in [1.54, 1.807) is 17.0 Å². The van der Waals surface area contributed by atoms with Gasteiger partial charge in [0.2, 0.25) is 17.7 Å². The zero-order valence-electron chi connectivity index (χ0n) is 19.2.